The fourth-order valence-corrected chi connectivity index (χ4v) is 3.87. The van der Waals surface area contributed by atoms with Gasteiger partial charge >= 0.3 is 0 Å². The Labute approximate surface area is 159 Å². The number of hydrogen-bond donors (Lipinski definition) is 2. The molecule has 0 aromatic carbocycles. The molecule has 1 unspecified atom stereocenters. The van der Waals surface area contributed by atoms with Crippen LogP contribution in [0.2, 0.25) is 0 Å². The first-order valence-electron chi connectivity index (χ1n) is 9.76. The number of fused-ring (bicyclic) bond motifs is 1. The number of amides is 1. The molecule has 0 bridgehead atoms. The fraction of sp³-hybridized carbons (Fsp3) is 0.550. The number of pyridine rings is 1. The highest BCUT2D eigenvalue weighted by molar-refractivity contribution is 5.96. The lowest BCUT2D eigenvalue weighted by atomic mass is 10.00. The lowest BCUT2D eigenvalue weighted by molar-refractivity contribution is 0.0942. The van der Waals surface area contributed by atoms with Gasteiger partial charge in [0.1, 0.15) is 5.65 Å². The van der Waals surface area contributed by atoms with Crippen molar-refractivity contribution in [2.24, 2.45) is 0 Å². The standard InChI is InChI=1S/C20H28N4O3/c1-3-15-9-4-5-11-23(15)12-7-10-21-18(25)16-19(26)22-17-14(2)8-6-13-24(17)20(16)27/h6,8,13,15,26H,3-5,7,9-12H2,1-2H3,(H,21,25). The van der Waals surface area contributed by atoms with Crippen LogP contribution in [0, 0.1) is 6.92 Å². The van der Waals surface area contributed by atoms with Gasteiger partial charge in [0.25, 0.3) is 11.5 Å². The Morgan fingerprint density at radius 1 is 1.41 bits per heavy atom. The van der Waals surface area contributed by atoms with Crippen molar-refractivity contribution in [1.82, 2.24) is 19.6 Å². The molecular weight excluding hydrogens is 344 g/mol. The van der Waals surface area contributed by atoms with E-state index in [-0.39, 0.29) is 5.56 Å². The van der Waals surface area contributed by atoms with Crippen LogP contribution in [0.25, 0.3) is 5.65 Å². The highest BCUT2D eigenvalue weighted by Crippen LogP contribution is 2.19. The van der Waals surface area contributed by atoms with E-state index < -0.39 is 17.3 Å². The number of hydrogen-bond acceptors (Lipinski definition) is 5. The van der Waals surface area contributed by atoms with Crippen molar-refractivity contribution in [2.75, 3.05) is 19.6 Å². The number of nitrogens with zero attached hydrogens (tertiary/aromatic N) is 3. The van der Waals surface area contributed by atoms with Gasteiger partial charge in [-0.2, -0.15) is 4.98 Å². The van der Waals surface area contributed by atoms with Gasteiger partial charge in [-0.3, -0.25) is 14.0 Å². The van der Waals surface area contributed by atoms with Crippen LogP contribution in [0.4, 0.5) is 0 Å². The van der Waals surface area contributed by atoms with Crippen molar-refractivity contribution in [3.8, 4) is 5.88 Å². The second kappa shape index (κ2) is 8.52. The normalized spacial score (nSPS) is 17.9. The van der Waals surface area contributed by atoms with E-state index >= 15 is 0 Å². The van der Waals surface area contributed by atoms with Crippen LogP contribution in [-0.4, -0.2) is 51.0 Å². The first-order valence-corrected chi connectivity index (χ1v) is 9.76. The number of aromatic nitrogens is 2. The predicted molar refractivity (Wildman–Crippen MR) is 104 cm³/mol. The van der Waals surface area contributed by atoms with Gasteiger partial charge in [-0.1, -0.05) is 19.4 Å². The van der Waals surface area contributed by atoms with E-state index in [9.17, 15) is 14.7 Å². The molecule has 3 heterocycles. The van der Waals surface area contributed by atoms with E-state index in [1.807, 2.05) is 0 Å². The van der Waals surface area contributed by atoms with E-state index in [1.54, 1.807) is 25.3 Å². The topological polar surface area (TPSA) is 86.9 Å². The summed E-state index contributed by atoms with van der Waals surface area (Å²) in [6.45, 7) is 6.52. The molecule has 146 valence electrons. The van der Waals surface area contributed by atoms with Gasteiger partial charge in [0, 0.05) is 25.3 Å². The SMILES string of the molecule is CCC1CCCCN1CCCNC(=O)c1c(O)nc2c(C)cccn2c1=O. The van der Waals surface area contributed by atoms with Crippen LogP contribution in [0.3, 0.4) is 0 Å². The highest BCUT2D eigenvalue weighted by Gasteiger charge is 2.22. The molecule has 1 aliphatic rings. The summed E-state index contributed by atoms with van der Waals surface area (Å²) in [6, 6.07) is 4.15. The molecule has 1 atom stereocenters. The van der Waals surface area contributed by atoms with Crippen LogP contribution >= 0.6 is 0 Å². The lowest BCUT2D eigenvalue weighted by Gasteiger charge is -2.35. The average molecular weight is 372 g/mol. The molecule has 27 heavy (non-hydrogen) atoms. The average Bonchev–Trinajstić information content (AvgIpc) is 2.66. The first kappa shape index (κ1) is 19.4. The molecule has 2 aromatic heterocycles. The Hall–Kier alpha value is -2.41. The second-order valence-corrected chi connectivity index (χ2v) is 7.20. The van der Waals surface area contributed by atoms with E-state index in [0.717, 1.165) is 31.5 Å². The molecule has 2 N–H and O–H groups in total. The van der Waals surface area contributed by atoms with Gasteiger partial charge in [0.05, 0.1) is 0 Å². The molecule has 3 rings (SSSR count). The molecule has 1 amide bonds. The minimum absolute atomic E-state index is 0.303. The van der Waals surface area contributed by atoms with E-state index in [0.29, 0.717) is 18.2 Å². The van der Waals surface area contributed by atoms with Crippen LogP contribution in [-0.2, 0) is 0 Å². The van der Waals surface area contributed by atoms with Gasteiger partial charge in [-0.25, -0.2) is 0 Å². The van der Waals surface area contributed by atoms with E-state index in [2.05, 4.69) is 22.1 Å². The molecule has 1 saturated heterocycles. The van der Waals surface area contributed by atoms with Crippen molar-refractivity contribution in [2.45, 2.75) is 52.0 Å². The van der Waals surface area contributed by atoms with E-state index in [4.69, 9.17) is 0 Å². The van der Waals surface area contributed by atoms with Crippen molar-refractivity contribution in [1.29, 1.82) is 0 Å². The maximum Gasteiger partial charge on any atom is 0.274 e. The molecule has 0 radical (unpaired) electrons. The quantitative estimate of drug-likeness (QED) is 0.758. The van der Waals surface area contributed by atoms with Gasteiger partial charge in [-0.05, 0) is 50.8 Å². The number of nitrogens with one attached hydrogen (secondary N) is 1. The van der Waals surface area contributed by atoms with Crippen LogP contribution in [0.1, 0.15) is 54.9 Å². The third kappa shape index (κ3) is 4.13. The number of piperidine rings is 1. The molecular formula is C20H28N4O3. The summed E-state index contributed by atoms with van der Waals surface area (Å²) >= 11 is 0. The molecule has 7 heteroatoms. The van der Waals surface area contributed by atoms with E-state index in [1.165, 1.54) is 23.7 Å². The third-order valence-corrected chi connectivity index (χ3v) is 5.39. The molecule has 0 saturated carbocycles. The van der Waals surface area contributed by atoms with Gasteiger partial charge in [-0.15, -0.1) is 0 Å². The van der Waals surface area contributed by atoms with Crippen molar-refractivity contribution in [3.63, 3.8) is 0 Å². The maximum absolute atomic E-state index is 12.6. The summed E-state index contributed by atoms with van der Waals surface area (Å²) in [7, 11) is 0. The summed E-state index contributed by atoms with van der Waals surface area (Å²) in [5, 5.41) is 12.9. The molecule has 1 fully saturated rings. The number of carbonyl (C=O) groups excluding carboxylic acids is 1. The second-order valence-electron chi connectivity index (χ2n) is 7.20. The predicted octanol–water partition coefficient (Wildman–Crippen LogP) is 2.09. The Bertz CT molecular complexity index is 877. The Kier molecular flexibility index (Phi) is 6.11. The van der Waals surface area contributed by atoms with Crippen molar-refractivity contribution in [3.05, 3.63) is 39.8 Å². The van der Waals surface area contributed by atoms with Gasteiger partial charge in [0.2, 0.25) is 5.88 Å². The summed E-state index contributed by atoms with van der Waals surface area (Å²) < 4.78 is 1.30. The summed E-state index contributed by atoms with van der Waals surface area (Å²) in [4.78, 5) is 31.6. The number of aromatic hydroxyl groups is 1. The molecule has 1 aliphatic heterocycles. The molecule has 2 aromatic rings. The molecule has 0 spiro atoms. The zero-order chi connectivity index (χ0) is 19.4. The number of carbonyl (C=O) groups is 1. The Morgan fingerprint density at radius 2 is 2.22 bits per heavy atom. The largest absolute Gasteiger partial charge is 0.493 e. The third-order valence-electron chi connectivity index (χ3n) is 5.39. The minimum Gasteiger partial charge on any atom is -0.493 e. The number of aryl methyl sites for hydroxylation is 1. The van der Waals surface area contributed by atoms with Crippen molar-refractivity contribution >= 4 is 11.6 Å². The summed E-state index contributed by atoms with van der Waals surface area (Å²) in [6.07, 6.45) is 7.29. The monoisotopic (exact) mass is 372 g/mol. The smallest absolute Gasteiger partial charge is 0.274 e. The summed E-state index contributed by atoms with van der Waals surface area (Å²) in [5.41, 5.74) is 0.249. The van der Waals surface area contributed by atoms with Crippen LogP contribution in [0.15, 0.2) is 23.1 Å². The fourth-order valence-electron chi connectivity index (χ4n) is 3.87. The molecule has 0 aliphatic carbocycles. The lowest BCUT2D eigenvalue weighted by Crippen LogP contribution is -2.41. The maximum atomic E-state index is 12.6. The first-order chi connectivity index (χ1) is 13.0. The zero-order valence-corrected chi connectivity index (χ0v) is 16.1. The van der Waals surface area contributed by atoms with Crippen LogP contribution < -0.4 is 10.9 Å². The number of rotatable bonds is 6. The molecule has 7 nitrogen and oxygen atoms in total. The Morgan fingerprint density at radius 3 is 3.00 bits per heavy atom. The van der Waals surface area contributed by atoms with Gasteiger partial charge in [0.15, 0.2) is 5.56 Å². The Balaban J connectivity index is 1.64. The highest BCUT2D eigenvalue weighted by atomic mass is 16.3. The number of likely N-dealkylation sites (tertiary alicyclic amines) is 1. The minimum atomic E-state index is -0.577. The zero-order valence-electron chi connectivity index (χ0n) is 16.1. The van der Waals surface area contributed by atoms with Crippen LogP contribution in [0.5, 0.6) is 5.88 Å². The van der Waals surface area contributed by atoms with Gasteiger partial charge < -0.3 is 15.3 Å². The summed E-state index contributed by atoms with van der Waals surface area (Å²) in [5.74, 6) is -1.10. The van der Waals surface area contributed by atoms with Crippen molar-refractivity contribution < 1.29 is 9.90 Å².